The van der Waals surface area contributed by atoms with E-state index in [2.05, 4.69) is 4.72 Å². The number of aliphatic hydroxyl groups excluding tert-OH is 1. The molecule has 5 nitrogen and oxygen atoms in total. The van der Waals surface area contributed by atoms with Crippen molar-refractivity contribution in [2.45, 2.75) is 36.8 Å². The smallest absolute Gasteiger partial charge is 0.242 e. The number of halogens is 2. The van der Waals surface area contributed by atoms with Gasteiger partial charge in [-0.3, -0.25) is 0 Å². The van der Waals surface area contributed by atoms with Gasteiger partial charge in [0, 0.05) is 17.2 Å². The molecule has 0 bridgehead atoms. The van der Waals surface area contributed by atoms with Gasteiger partial charge in [0.25, 0.3) is 0 Å². The van der Waals surface area contributed by atoms with Gasteiger partial charge < -0.3 is 9.84 Å². The minimum Gasteiger partial charge on any atom is -0.392 e. The lowest BCUT2D eigenvalue weighted by molar-refractivity contribution is 0.0386. The normalized spacial score (nSPS) is 23.2. The number of benzene rings is 1. The summed E-state index contributed by atoms with van der Waals surface area (Å²) in [5.41, 5.74) is -0.467. The molecule has 118 valence electrons. The number of nitrogens with one attached hydrogen (secondary N) is 1. The van der Waals surface area contributed by atoms with Crippen molar-refractivity contribution in [3.05, 3.63) is 27.7 Å². The number of hydrogen-bond donors (Lipinski definition) is 2. The maximum Gasteiger partial charge on any atom is 0.242 e. The fourth-order valence-corrected chi connectivity index (χ4v) is 4.64. The monoisotopic (exact) mass is 353 g/mol. The molecule has 0 aromatic heterocycles. The molecule has 21 heavy (non-hydrogen) atoms. The predicted octanol–water partition coefficient (Wildman–Crippen LogP) is 2.33. The van der Waals surface area contributed by atoms with E-state index in [0.717, 1.165) is 6.42 Å². The van der Waals surface area contributed by atoms with Crippen LogP contribution in [0.3, 0.4) is 0 Å². The van der Waals surface area contributed by atoms with Gasteiger partial charge in [-0.15, -0.1) is 0 Å². The second kappa shape index (κ2) is 6.40. The molecule has 1 saturated heterocycles. The highest BCUT2D eigenvalue weighted by Gasteiger charge is 2.34. The molecule has 2 N–H and O–H groups in total. The first kappa shape index (κ1) is 17.0. The van der Waals surface area contributed by atoms with Gasteiger partial charge in [0.1, 0.15) is 4.90 Å². The third-order valence-corrected chi connectivity index (χ3v) is 6.00. The number of rotatable bonds is 4. The lowest BCUT2D eigenvalue weighted by Crippen LogP contribution is -2.51. The maximum absolute atomic E-state index is 12.5. The van der Waals surface area contributed by atoms with Crippen LogP contribution in [0.2, 0.25) is 10.0 Å². The van der Waals surface area contributed by atoms with Gasteiger partial charge in [0.15, 0.2) is 0 Å². The summed E-state index contributed by atoms with van der Waals surface area (Å²) in [7, 11) is -3.83. The summed E-state index contributed by atoms with van der Waals surface area (Å²) in [6, 6.07) is 2.74. The summed E-state index contributed by atoms with van der Waals surface area (Å²) >= 11 is 12.0. The number of hydrogen-bond acceptors (Lipinski definition) is 4. The van der Waals surface area contributed by atoms with Crippen LogP contribution < -0.4 is 4.72 Å². The quantitative estimate of drug-likeness (QED) is 0.870. The highest BCUT2D eigenvalue weighted by Crippen LogP contribution is 2.32. The second-order valence-corrected chi connectivity index (χ2v) is 7.75. The fourth-order valence-electron chi connectivity index (χ4n) is 2.32. The number of aliphatic hydroxyl groups is 1. The Morgan fingerprint density at radius 2 is 2.14 bits per heavy atom. The van der Waals surface area contributed by atoms with E-state index in [1.54, 1.807) is 6.92 Å². The van der Waals surface area contributed by atoms with Crippen LogP contribution in [0, 0.1) is 0 Å². The molecule has 8 heteroatoms. The SMILES string of the molecule is CC1(NS(=O)(=O)c2ccc(Cl)c(CO)c2Cl)CCCOC1. The van der Waals surface area contributed by atoms with Gasteiger partial charge in [0.05, 0.1) is 23.8 Å². The maximum atomic E-state index is 12.5. The molecular weight excluding hydrogens is 337 g/mol. The van der Waals surface area contributed by atoms with Crippen molar-refractivity contribution >= 4 is 33.2 Å². The molecule has 0 spiro atoms. The molecule has 1 aromatic rings. The molecule has 1 aliphatic rings. The Hall–Kier alpha value is -0.370. The molecule has 1 heterocycles. The first-order valence-corrected chi connectivity index (χ1v) is 8.72. The second-order valence-electron chi connectivity index (χ2n) is 5.32. The Morgan fingerprint density at radius 1 is 1.43 bits per heavy atom. The lowest BCUT2D eigenvalue weighted by atomic mass is 9.97. The largest absolute Gasteiger partial charge is 0.392 e. The van der Waals surface area contributed by atoms with Crippen molar-refractivity contribution < 1.29 is 18.3 Å². The third kappa shape index (κ3) is 3.70. The Morgan fingerprint density at radius 3 is 2.71 bits per heavy atom. The zero-order chi connectivity index (χ0) is 15.7. The van der Waals surface area contributed by atoms with E-state index in [0.29, 0.717) is 19.6 Å². The topological polar surface area (TPSA) is 75.6 Å². The van der Waals surface area contributed by atoms with Crippen LogP contribution in [-0.4, -0.2) is 32.3 Å². The van der Waals surface area contributed by atoms with Gasteiger partial charge in [-0.25, -0.2) is 13.1 Å². The van der Waals surface area contributed by atoms with Crippen LogP contribution >= 0.6 is 23.2 Å². The minimum atomic E-state index is -3.83. The standard InChI is InChI=1S/C13H17Cl2NO4S/c1-13(5-2-6-20-8-13)16-21(18,19)11-4-3-10(14)9(7-17)12(11)15/h3-4,16-17H,2,5-8H2,1H3. The first-order chi connectivity index (χ1) is 9.79. The van der Waals surface area contributed by atoms with Gasteiger partial charge in [0.2, 0.25) is 10.0 Å². The van der Waals surface area contributed by atoms with Crippen molar-refractivity contribution in [3.8, 4) is 0 Å². The van der Waals surface area contributed by atoms with Crippen molar-refractivity contribution in [1.82, 2.24) is 4.72 Å². The molecule has 0 amide bonds. The summed E-state index contributed by atoms with van der Waals surface area (Å²) in [5.74, 6) is 0. The first-order valence-electron chi connectivity index (χ1n) is 6.48. The Labute approximate surface area is 134 Å². The molecule has 1 aliphatic heterocycles. The van der Waals surface area contributed by atoms with Gasteiger partial charge in [-0.1, -0.05) is 23.2 Å². The van der Waals surface area contributed by atoms with E-state index in [9.17, 15) is 13.5 Å². The highest BCUT2D eigenvalue weighted by molar-refractivity contribution is 7.89. The third-order valence-electron chi connectivity index (χ3n) is 3.42. The summed E-state index contributed by atoms with van der Waals surface area (Å²) in [6.45, 7) is 2.31. The van der Waals surface area contributed by atoms with Gasteiger partial charge in [-0.05, 0) is 31.9 Å². The van der Waals surface area contributed by atoms with E-state index in [1.807, 2.05) is 0 Å². The fraction of sp³-hybridized carbons (Fsp3) is 0.538. The predicted molar refractivity (Wildman–Crippen MR) is 81.2 cm³/mol. The molecule has 0 radical (unpaired) electrons. The van der Waals surface area contributed by atoms with Crippen molar-refractivity contribution in [3.63, 3.8) is 0 Å². The van der Waals surface area contributed by atoms with Crippen LogP contribution in [0.4, 0.5) is 0 Å². The van der Waals surface area contributed by atoms with Crippen LogP contribution in [0.25, 0.3) is 0 Å². The van der Waals surface area contributed by atoms with E-state index >= 15 is 0 Å². The average molecular weight is 354 g/mol. The summed E-state index contributed by atoms with van der Waals surface area (Å²) in [6.07, 6.45) is 1.47. The van der Waals surface area contributed by atoms with Gasteiger partial charge in [-0.2, -0.15) is 0 Å². The van der Waals surface area contributed by atoms with Crippen molar-refractivity contribution in [2.75, 3.05) is 13.2 Å². The van der Waals surface area contributed by atoms with E-state index in [-0.39, 0.29) is 20.5 Å². The molecule has 1 unspecified atom stereocenters. The number of ether oxygens (including phenoxy) is 1. The Bertz CT molecular complexity index is 627. The van der Waals surface area contributed by atoms with E-state index in [4.69, 9.17) is 27.9 Å². The van der Waals surface area contributed by atoms with Crippen molar-refractivity contribution in [1.29, 1.82) is 0 Å². The molecular formula is C13H17Cl2NO4S. The Kier molecular flexibility index (Phi) is 5.18. The zero-order valence-corrected chi connectivity index (χ0v) is 13.9. The van der Waals surface area contributed by atoms with Crippen LogP contribution in [-0.2, 0) is 21.4 Å². The molecule has 1 aromatic carbocycles. The summed E-state index contributed by atoms with van der Waals surface area (Å²) in [4.78, 5) is -0.0931. The molecule has 2 rings (SSSR count). The highest BCUT2D eigenvalue weighted by atomic mass is 35.5. The van der Waals surface area contributed by atoms with Gasteiger partial charge >= 0.3 is 0 Å². The minimum absolute atomic E-state index is 0.0576. The zero-order valence-electron chi connectivity index (χ0n) is 11.5. The van der Waals surface area contributed by atoms with Crippen LogP contribution in [0.15, 0.2) is 17.0 Å². The summed E-state index contributed by atoms with van der Waals surface area (Å²) < 4.78 is 33.0. The summed E-state index contributed by atoms with van der Waals surface area (Å²) in [5, 5.41) is 9.43. The van der Waals surface area contributed by atoms with E-state index in [1.165, 1.54) is 12.1 Å². The van der Waals surface area contributed by atoms with Crippen LogP contribution in [0.1, 0.15) is 25.3 Å². The molecule has 1 fully saturated rings. The number of sulfonamides is 1. The molecule has 1 atom stereocenters. The molecule has 0 saturated carbocycles. The van der Waals surface area contributed by atoms with Crippen LogP contribution in [0.5, 0.6) is 0 Å². The van der Waals surface area contributed by atoms with E-state index < -0.39 is 22.2 Å². The molecule has 0 aliphatic carbocycles. The van der Waals surface area contributed by atoms with Crippen molar-refractivity contribution in [2.24, 2.45) is 0 Å². The average Bonchev–Trinajstić information content (AvgIpc) is 2.38. The Balaban J connectivity index is 2.36. The lowest BCUT2D eigenvalue weighted by Gasteiger charge is -2.34.